The molecule has 1 fully saturated rings. The van der Waals surface area contributed by atoms with Gasteiger partial charge in [-0.15, -0.1) is 0 Å². The third kappa shape index (κ3) is 4.26. The van der Waals surface area contributed by atoms with E-state index in [9.17, 15) is 22.0 Å². The molecule has 0 spiro atoms. The summed E-state index contributed by atoms with van der Waals surface area (Å²) in [6.45, 7) is 6.68. The first kappa shape index (κ1) is 17.8. The normalized spacial score (nSPS) is 21.1. The van der Waals surface area contributed by atoms with Crippen LogP contribution in [0.4, 0.5) is 14.5 Å². The number of anilines is 1. The summed E-state index contributed by atoms with van der Waals surface area (Å²) in [6, 6.07) is 1.27. The van der Waals surface area contributed by atoms with E-state index in [2.05, 4.69) is 10.0 Å². The van der Waals surface area contributed by atoms with Crippen molar-refractivity contribution < 1.29 is 22.0 Å². The molecule has 8 heteroatoms. The molecule has 0 saturated heterocycles. The van der Waals surface area contributed by atoms with E-state index in [0.717, 1.165) is 6.07 Å². The predicted molar refractivity (Wildman–Crippen MR) is 82.3 cm³/mol. The Morgan fingerprint density at radius 1 is 1.22 bits per heavy atom. The van der Waals surface area contributed by atoms with E-state index in [0.29, 0.717) is 12.5 Å². The van der Waals surface area contributed by atoms with Crippen LogP contribution in [0, 0.1) is 23.5 Å². The fourth-order valence-electron chi connectivity index (χ4n) is 2.20. The highest BCUT2D eigenvalue weighted by Gasteiger charge is 2.39. The molecule has 2 N–H and O–H groups in total. The Kier molecular flexibility index (Phi) is 4.51. The average Bonchev–Trinajstić information content (AvgIpc) is 3.06. The number of hydrogen-bond acceptors (Lipinski definition) is 3. The van der Waals surface area contributed by atoms with Crippen molar-refractivity contribution in [2.24, 2.45) is 11.8 Å². The molecule has 1 aliphatic carbocycles. The minimum Gasteiger partial charge on any atom is -0.323 e. The Balaban J connectivity index is 2.34. The van der Waals surface area contributed by atoms with Crippen LogP contribution in [-0.2, 0) is 14.8 Å². The lowest BCUT2D eigenvalue weighted by Gasteiger charge is -2.21. The summed E-state index contributed by atoms with van der Waals surface area (Å²) in [5.41, 5.74) is -1.17. The van der Waals surface area contributed by atoms with Crippen LogP contribution < -0.4 is 10.0 Å². The van der Waals surface area contributed by atoms with Gasteiger partial charge < -0.3 is 5.32 Å². The van der Waals surface area contributed by atoms with Gasteiger partial charge in [0.1, 0.15) is 16.5 Å². The smallest absolute Gasteiger partial charge is 0.244 e. The number of amides is 1. The van der Waals surface area contributed by atoms with E-state index in [1.54, 1.807) is 20.8 Å². The van der Waals surface area contributed by atoms with E-state index in [-0.39, 0.29) is 17.5 Å². The molecule has 1 saturated carbocycles. The van der Waals surface area contributed by atoms with Crippen molar-refractivity contribution in [3.63, 3.8) is 0 Å². The van der Waals surface area contributed by atoms with Crippen LogP contribution in [-0.4, -0.2) is 19.9 Å². The molecule has 0 bridgehead atoms. The third-order valence-electron chi connectivity index (χ3n) is 3.46. The first-order valence-electron chi connectivity index (χ1n) is 7.24. The van der Waals surface area contributed by atoms with Crippen molar-refractivity contribution in [2.45, 2.75) is 44.6 Å². The van der Waals surface area contributed by atoms with E-state index >= 15 is 0 Å². The Hall–Kier alpha value is -1.54. The molecule has 128 valence electrons. The number of nitrogens with one attached hydrogen (secondary N) is 2. The van der Waals surface area contributed by atoms with Gasteiger partial charge in [-0.25, -0.2) is 21.9 Å². The predicted octanol–water partition coefficient (Wildman–Crippen LogP) is 2.64. The summed E-state index contributed by atoms with van der Waals surface area (Å²) >= 11 is 0. The zero-order valence-corrected chi connectivity index (χ0v) is 14.2. The second kappa shape index (κ2) is 5.83. The maximum Gasteiger partial charge on any atom is 0.244 e. The van der Waals surface area contributed by atoms with E-state index in [4.69, 9.17) is 0 Å². The minimum atomic E-state index is -4.18. The number of carbonyl (C=O) groups excluding carboxylic acids is 1. The number of carbonyl (C=O) groups is 1. The zero-order chi connectivity index (χ0) is 17.6. The molecule has 2 rings (SSSR count). The van der Waals surface area contributed by atoms with E-state index in [1.807, 2.05) is 6.92 Å². The maximum absolute atomic E-state index is 13.9. The highest BCUT2D eigenvalue weighted by molar-refractivity contribution is 7.89. The second-order valence-electron chi connectivity index (χ2n) is 6.93. The molecule has 5 nitrogen and oxygen atoms in total. The summed E-state index contributed by atoms with van der Waals surface area (Å²) in [4.78, 5) is 11.2. The van der Waals surface area contributed by atoms with E-state index < -0.39 is 38.0 Å². The van der Waals surface area contributed by atoms with Gasteiger partial charge in [-0.2, -0.15) is 0 Å². The molecule has 0 heterocycles. The van der Waals surface area contributed by atoms with Crippen LogP contribution >= 0.6 is 0 Å². The maximum atomic E-state index is 13.9. The monoisotopic (exact) mass is 346 g/mol. The highest BCUT2D eigenvalue weighted by Crippen LogP contribution is 2.38. The molecule has 1 amide bonds. The molecule has 23 heavy (non-hydrogen) atoms. The topological polar surface area (TPSA) is 75.3 Å². The fourth-order valence-corrected chi connectivity index (χ4v) is 3.71. The van der Waals surface area contributed by atoms with Gasteiger partial charge in [0.15, 0.2) is 0 Å². The molecule has 0 radical (unpaired) electrons. The Morgan fingerprint density at radius 2 is 1.78 bits per heavy atom. The summed E-state index contributed by atoms with van der Waals surface area (Å²) in [5.74, 6) is -2.62. The van der Waals surface area contributed by atoms with Crippen molar-refractivity contribution in [2.75, 3.05) is 5.32 Å². The quantitative estimate of drug-likeness (QED) is 0.880. The average molecular weight is 346 g/mol. The Bertz CT molecular complexity index is 742. The van der Waals surface area contributed by atoms with Gasteiger partial charge in [-0.05, 0) is 39.2 Å². The fraction of sp³-hybridized carbons (Fsp3) is 0.533. The largest absolute Gasteiger partial charge is 0.323 e. The van der Waals surface area contributed by atoms with Gasteiger partial charge in [0.2, 0.25) is 15.9 Å². The second-order valence-corrected chi connectivity index (χ2v) is 8.58. The summed E-state index contributed by atoms with van der Waals surface area (Å²) in [7, 11) is -4.18. The summed E-state index contributed by atoms with van der Waals surface area (Å²) in [6.07, 6.45) is 0.700. The summed E-state index contributed by atoms with van der Waals surface area (Å²) in [5, 5.41) is 2.33. The van der Waals surface area contributed by atoms with Crippen LogP contribution in [0.1, 0.15) is 34.1 Å². The van der Waals surface area contributed by atoms with Crippen molar-refractivity contribution >= 4 is 21.6 Å². The molecule has 2 atom stereocenters. The molecule has 0 aliphatic heterocycles. The lowest BCUT2D eigenvalue weighted by molar-refractivity contribution is -0.117. The summed E-state index contributed by atoms with van der Waals surface area (Å²) < 4.78 is 54.5. The number of benzene rings is 1. The van der Waals surface area contributed by atoms with Crippen LogP contribution in [0.15, 0.2) is 17.0 Å². The number of sulfonamides is 1. The molecule has 0 aromatic heterocycles. The molecule has 1 aliphatic rings. The Labute approximate surface area is 134 Å². The van der Waals surface area contributed by atoms with Crippen LogP contribution in [0.2, 0.25) is 0 Å². The van der Waals surface area contributed by atoms with Crippen molar-refractivity contribution in [3.8, 4) is 0 Å². The van der Waals surface area contributed by atoms with Gasteiger partial charge in [0.25, 0.3) is 0 Å². The zero-order valence-electron chi connectivity index (χ0n) is 13.4. The van der Waals surface area contributed by atoms with Gasteiger partial charge >= 0.3 is 0 Å². The van der Waals surface area contributed by atoms with Gasteiger partial charge in [-0.1, -0.05) is 6.92 Å². The number of halogens is 2. The highest BCUT2D eigenvalue weighted by atomic mass is 32.2. The lowest BCUT2D eigenvalue weighted by Crippen LogP contribution is -2.40. The third-order valence-corrected chi connectivity index (χ3v) is 5.23. The Morgan fingerprint density at radius 3 is 2.26 bits per heavy atom. The van der Waals surface area contributed by atoms with Crippen LogP contribution in [0.3, 0.4) is 0 Å². The molecular formula is C15H20F2N2O3S. The molecular weight excluding hydrogens is 326 g/mol. The van der Waals surface area contributed by atoms with Crippen LogP contribution in [0.25, 0.3) is 0 Å². The van der Waals surface area contributed by atoms with Crippen molar-refractivity contribution in [1.29, 1.82) is 0 Å². The first-order valence-corrected chi connectivity index (χ1v) is 8.73. The number of hydrogen-bond donors (Lipinski definition) is 2. The molecule has 0 unspecified atom stereocenters. The standard InChI is InChI=1S/C15H20F2N2O3S/c1-8-5-9(8)14(20)18-12-7-13(11(17)6-10(12)16)23(21,22)19-15(2,3)4/h6-9,19H,5H2,1-4H3,(H,18,20)/t8-,9+/m1/s1. The van der Waals surface area contributed by atoms with Gasteiger partial charge in [0, 0.05) is 17.5 Å². The number of rotatable bonds is 4. The van der Waals surface area contributed by atoms with Gasteiger partial charge in [-0.3, -0.25) is 4.79 Å². The van der Waals surface area contributed by atoms with Crippen LogP contribution in [0.5, 0.6) is 0 Å². The first-order chi connectivity index (χ1) is 10.4. The van der Waals surface area contributed by atoms with E-state index in [1.165, 1.54) is 0 Å². The van der Waals surface area contributed by atoms with Crippen molar-refractivity contribution in [1.82, 2.24) is 4.72 Å². The van der Waals surface area contributed by atoms with Gasteiger partial charge in [0.05, 0.1) is 5.69 Å². The molecule has 1 aromatic rings. The van der Waals surface area contributed by atoms with Crippen molar-refractivity contribution in [3.05, 3.63) is 23.8 Å². The minimum absolute atomic E-state index is 0.212. The SMILES string of the molecule is C[C@@H]1C[C@@H]1C(=O)Nc1cc(S(=O)(=O)NC(C)(C)C)c(F)cc1F. The lowest BCUT2D eigenvalue weighted by atomic mass is 10.1. The molecule has 1 aromatic carbocycles.